The Balaban J connectivity index is 2.86. The highest BCUT2D eigenvalue weighted by Gasteiger charge is 2.56. The maximum Gasteiger partial charge on any atom is 0.373 e. The van der Waals surface area contributed by atoms with Crippen molar-refractivity contribution in [2.75, 3.05) is 13.1 Å². The molecule has 0 bridgehead atoms. The molecule has 0 saturated carbocycles. The van der Waals surface area contributed by atoms with Gasteiger partial charge in [0.1, 0.15) is 6.33 Å². The second-order valence-electron chi connectivity index (χ2n) is 3.54. The highest BCUT2D eigenvalue weighted by Crippen LogP contribution is 2.48. The number of halogens is 5. The third kappa shape index (κ3) is 3.84. The molecule has 1 amide bonds. The fourth-order valence-electron chi connectivity index (χ4n) is 1.20. The summed E-state index contributed by atoms with van der Waals surface area (Å²) in [6.45, 7) is 4.25. The third-order valence-electron chi connectivity index (χ3n) is 2.25. The molecular formula is C9H11BrF4N4OS. The molecule has 0 aromatic carbocycles. The lowest BCUT2D eigenvalue weighted by molar-refractivity contribution is -0.0781. The van der Waals surface area contributed by atoms with Gasteiger partial charge in [0.25, 0.3) is 0 Å². The standard InChI is InChI=1S/C9H11BrF4N4OS/c1-3-17(4-2)7(19)18-5-15-6(16-18)20-9(13,14)8(10,11)12/h5H,3-4H2,1-2H3. The van der Waals surface area contributed by atoms with Gasteiger partial charge in [-0.2, -0.15) is 22.2 Å². The average molecular weight is 379 g/mol. The molecule has 20 heavy (non-hydrogen) atoms. The van der Waals surface area contributed by atoms with Crippen molar-refractivity contribution in [1.82, 2.24) is 19.7 Å². The fourth-order valence-corrected chi connectivity index (χ4v) is 2.01. The van der Waals surface area contributed by atoms with E-state index in [1.165, 1.54) is 4.90 Å². The first kappa shape index (κ1) is 17.2. The van der Waals surface area contributed by atoms with Gasteiger partial charge in [-0.3, -0.25) is 0 Å². The molecule has 0 N–H and O–H groups in total. The Morgan fingerprint density at radius 2 is 1.95 bits per heavy atom. The van der Waals surface area contributed by atoms with Crippen molar-refractivity contribution >= 4 is 33.7 Å². The van der Waals surface area contributed by atoms with Crippen LogP contribution in [-0.4, -0.2) is 48.9 Å². The van der Waals surface area contributed by atoms with Gasteiger partial charge in [0.05, 0.1) is 0 Å². The molecule has 1 heterocycles. The van der Waals surface area contributed by atoms with Gasteiger partial charge >= 0.3 is 16.1 Å². The smallest absolute Gasteiger partial charge is 0.323 e. The summed E-state index contributed by atoms with van der Waals surface area (Å²) in [5.74, 6) is 0. The van der Waals surface area contributed by atoms with Crippen molar-refractivity contribution in [3.8, 4) is 0 Å². The number of carbonyl (C=O) groups excluding carboxylic acids is 1. The minimum atomic E-state index is -4.43. The summed E-state index contributed by atoms with van der Waals surface area (Å²) >= 11 is 1.07. The summed E-state index contributed by atoms with van der Waals surface area (Å²) in [6.07, 6.45) is 0.908. The molecule has 1 aromatic heterocycles. The summed E-state index contributed by atoms with van der Waals surface area (Å²) in [6, 6.07) is -0.566. The normalized spacial score (nSPS) is 12.6. The molecule has 0 aliphatic rings. The molecule has 5 nitrogen and oxygen atoms in total. The van der Waals surface area contributed by atoms with Crippen LogP contribution in [0.1, 0.15) is 13.8 Å². The molecule has 0 spiro atoms. The monoisotopic (exact) mass is 378 g/mol. The number of thioether (sulfide) groups is 1. The number of carbonyl (C=O) groups is 1. The van der Waals surface area contributed by atoms with Gasteiger partial charge < -0.3 is 4.90 Å². The van der Waals surface area contributed by atoms with E-state index >= 15 is 0 Å². The predicted molar refractivity (Wildman–Crippen MR) is 68.4 cm³/mol. The van der Waals surface area contributed by atoms with Gasteiger partial charge in [0.15, 0.2) is 0 Å². The lowest BCUT2D eigenvalue weighted by Crippen LogP contribution is -2.34. The van der Waals surface area contributed by atoms with Crippen LogP contribution in [0.15, 0.2) is 11.5 Å². The van der Waals surface area contributed by atoms with Gasteiger partial charge in [0.2, 0.25) is 5.16 Å². The van der Waals surface area contributed by atoms with E-state index in [-0.39, 0.29) is 0 Å². The molecular weight excluding hydrogens is 368 g/mol. The molecule has 0 aliphatic heterocycles. The van der Waals surface area contributed by atoms with E-state index in [0.29, 0.717) is 13.1 Å². The first-order valence-electron chi connectivity index (χ1n) is 5.46. The van der Waals surface area contributed by atoms with E-state index < -0.39 is 33.0 Å². The highest BCUT2D eigenvalue weighted by molar-refractivity contribution is 9.10. The number of amides is 1. The molecule has 0 unspecified atom stereocenters. The van der Waals surface area contributed by atoms with E-state index in [9.17, 15) is 22.4 Å². The number of rotatable bonds is 5. The number of aromatic nitrogens is 3. The van der Waals surface area contributed by atoms with E-state index in [2.05, 4.69) is 10.1 Å². The van der Waals surface area contributed by atoms with E-state index in [1.807, 2.05) is 0 Å². The van der Waals surface area contributed by atoms with Crippen LogP contribution in [0.4, 0.5) is 22.4 Å². The van der Waals surface area contributed by atoms with Crippen LogP contribution < -0.4 is 0 Å². The molecule has 1 aromatic rings. The zero-order chi connectivity index (χ0) is 15.6. The third-order valence-corrected chi connectivity index (χ3v) is 3.89. The van der Waals surface area contributed by atoms with Gasteiger partial charge in [-0.1, -0.05) is 0 Å². The van der Waals surface area contributed by atoms with Gasteiger partial charge in [-0.05, 0) is 41.5 Å². The first-order valence-corrected chi connectivity index (χ1v) is 7.07. The molecule has 0 saturated heterocycles. The maximum absolute atomic E-state index is 13.1. The van der Waals surface area contributed by atoms with Gasteiger partial charge in [-0.25, -0.2) is 9.78 Å². The van der Waals surface area contributed by atoms with Crippen LogP contribution in [0.5, 0.6) is 0 Å². The lowest BCUT2D eigenvalue weighted by atomic mass is 10.5. The maximum atomic E-state index is 13.1. The summed E-state index contributed by atoms with van der Waals surface area (Å²) in [5, 5.41) is -1.58. The zero-order valence-electron chi connectivity index (χ0n) is 10.5. The minimum absolute atomic E-state index is 0.396. The topological polar surface area (TPSA) is 51.0 Å². The Hall–Kier alpha value is -0.840. The summed E-state index contributed by atoms with van der Waals surface area (Å²) < 4.78 is 52.1. The van der Waals surface area contributed by atoms with Crippen molar-refractivity contribution in [1.29, 1.82) is 0 Å². The molecule has 11 heteroatoms. The van der Waals surface area contributed by atoms with E-state index in [0.717, 1.165) is 11.0 Å². The Morgan fingerprint density at radius 3 is 2.40 bits per heavy atom. The highest BCUT2D eigenvalue weighted by atomic mass is 79.9. The van der Waals surface area contributed by atoms with Crippen molar-refractivity contribution < 1.29 is 22.4 Å². The molecule has 114 valence electrons. The van der Waals surface area contributed by atoms with Gasteiger partial charge in [-0.15, -0.1) is 5.10 Å². The van der Waals surface area contributed by atoms with Crippen molar-refractivity contribution in [2.45, 2.75) is 29.1 Å². The zero-order valence-corrected chi connectivity index (χ0v) is 12.9. The van der Waals surface area contributed by atoms with Crippen molar-refractivity contribution in [3.05, 3.63) is 6.33 Å². The second kappa shape index (κ2) is 6.29. The lowest BCUT2D eigenvalue weighted by Gasteiger charge is -2.19. The van der Waals surface area contributed by atoms with Crippen LogP contribution in [-0.2, 0) is 0 Å². The Morgan fingerprint density at radius 1 is 1.40 bits per heavy atom. The van der Waals surface area contributed by atoms with Crippen LogP contribution >= 0.6 is 27.7 Å². The SMILES string of the molecule is CCN(CC)C(=O)n1cnc(SC(F)(F)C(F)(F)Br)n1. The van der Waals surface area contributed by atoms with Crippen molar-refractivity contribution in [3.63, 3.8) is 0 Å². The average Bonchev–Trinajstić information content (AvgIpc) is 2.76. The Labute approximate surface area is 124 Å². The van der Waals surface area contributed by atoms with Crippen LogP contribution in [0, 0.1) is 0 Å². The number of hydrogen-bond donors (Lipinski definition) is 0. The first-order chi connectivity index (χ1) is 9.12. The summed E-state index contributed by atoms with van der Waals surface area (Å²) in [7, 11) is 0. The summed E-state index contributed by atoms with van der Waals surface area (Å²) in [4.78, 5) is 12.2. The van der Waals surface area contributed by atoms with Crippen LogP contribution in [0.3, 0.4) is 0 Å². The summed E-state index contributed by atoms with van der Waals surface area (Å²) in [5.41, 5.74) is 0. The molecule has 0 fully saturated rings. The predicted octanol–water partition coefficient (Wildman–Crippen LogP) is 3.26. The van der Waals surface area contributed by atoms with Crippen LogP contribution in [0.25, 0.3) is 0 Å². The molecule has 1 rings (SSSR count). The Bertz CT molecular complexity index is 475. The molecule has 0 aliphatic carbocycles. The van der Waals surface area contributed by atoms with E-state index in [4.69, 9.17) is 0 Å². The Kier molecular flexibility index (Phi) is 5.41. The van der Waals surface area contributed by atoms with Gasteiger partial charge in [0, 0.05) is 13.1 Å². The fraction of sp³-hybridized carbons (Fsp3) is 0.667. The van der Waals surface area contributed by atoms with Crippen LogP contribution in [0.2, 0.25) is 0 Å². The number of nitrogens with zero attached hydrogens (tertiary/aromatic N) is 4. The largest absolute Gasteiger partial charge is 0.373 e. The minimum Gasteiger partial charge on any atom is -0.323 e. The number of alkyl halides is 5. The molecule has 0 atom stereocenters. The molecule has 0 radical (unpaired) electrons. The van der Waals surface area contributed by atoms with E-state index in [1.54, 1.807) is 29.8 Å². The number of hydrogen-bond acceptors (Lipinski definition) is 4. The second-order valence-corrected chi connectivity index (χ2v) is 5.62. The van der Waals surface area contributed by atoms with Crippen molar-refractivity contribution in [2.24, 2.45) is 0 Å². The quantitative estimate of drug-likeness (QED) is 0.448.